The number of carbonyl (C=O) groups is 4. The highest BCUT2D eigenvalue weighted by molar-refractivity contribution is 6.30. The molecule has 218 valence electrons. The van der Waals surface area contributed by atoms with E-state index in [0.29, 0.717) is 11.4 Å². The molecule has 2 unspecified atom stereocenters. The standard InChI is InChI=1S/C30H39ClN2O7/c1-7-38-26(34)18-25(16-21-12-14-22(15-13-21)23-10-9-11-24(31)17-23)32-28(36)20(3)33(19-27(35)39-8-2)29(37)40-30(4,5)6/h9-15,17,20,25H,7-8,16,18-19H2,1-6H3,(H,32,36). The third kappa shape index (κ3) is 10.9. The number of nitrogens with one attached hydrogen (secondary N) is 1. The van der Waals surface area contributed by atoms with Gasteiger partial charge >= 0.3 is 18.0 Å². The van der Waals surface area contributed by atoms with Gasteiger partial charge in [-0.1, -0.05) is 48.0 Å². The van der Waals surface area contributed by atoms with Gasteiger partial charge in [0.25, 0.3) is 0 Å². The summed E-state index contributed by atoms with van der Waals surface area (Å²) >= 11 is 6.12. The average molecular weight is 575 g/mol. The summed E-state index contributed by atoms with van der Waals surface area (Å²) in [5, 5.41) is 3.49. The highest BCUT2D eigenvalue weighted by atomic mass is 35.5. The Bertz CT molecular complexity index is 1160. The Labute approximate surface area is 241 Å². The summed E-state index contributed by atoms with van der Waals surface area (Å²) < 4.78 is 15.5. The maximum absolute atomic E-state index is 13.3. The molecule has 2 aromatic carbocycles. The van der Waals surface area contributed by atoms with Crippen molar-refractivity contribution in [2.45, 2.75) is 72.1 Å². The molecule has 40 heavy (non-hydrogen) atoms. The summed E-state index contributed by atoms with van der Waals surface area (Å²) in [5.41, 5.74) is 1.97. The molecule has 0 aliphatic rings. The van der Waals surface area contributed by atoms with Crippen molar-refractivity contribution in [3.63, 3.8) is 0 Å². The molecule has 2 atom stereocenters. The first-order valence-electron chi connectivity index (χ1n) is 13.3. The topological polar surface area (TPSA) is 111 Å². The smallest absolute Gasteiger partial charge is 0.411 e. The lowest BCUT2D eigenvalue weighted by molar-refractivity contribution is -0.145. The summed E-state index contributed by atoms with van der Waals surface area (Å²) in [6.45, 7) is 9.76. The minimum absolute atomic E-state index is 0.0767. The van der Waals surface area contributed by atoms with Crippen LogP contribution >= 0.6 is 11.6 Å². The molecule has 0 fully saturated rings. The Morgan fingerprint density at radius 3 is 2.12 bits per heavy atom. The Hall–Kier alpha value is -3.59. The molecule has 0 radical (unpaired) electrons. The molecule has 0 saturated heterocycles. The predicted octanol–water partition coefficient (Wildman–Crippen LogP) is 5.18. The van der Waals surface area contributed by atoms with Crippen LogP contribution in [0.1, 0.15) is 53.5 Å². The Kier molecular flexibility index (Phi) is 12.4. The molecule has 0 aliphatic heterocycles. The number of benzene rings is 2. The molecule has 9 nitrogen and oxygen atoms in total. The van der Waals surface area contributed by atoms with Crippen LogP contribution in [-0.4, -0.2) is 66.3 Å². The number of hydrogen-bond acceptors (Lipinski definition) is 7. The van der Waals surface area contributed by atoms with Crippen molar-refractivity contribution in [2.75, 3.05) is 19.8 Å². The summed E-state index contributed by atoms with van der Waals surface area (Å²) in [4.78, 5) is 51.8. The van der Waals surface area contributed by atoms with Crippen LogP contribution in [0, 0.1) is 0 Å². The van der Waals surface area contributed by atoms with E-state index >= 15 is 0 Å². The van der Waals surface area contributed by atoms with Crippen LogP contribution < -0.4 is 5.32 Å². The van der Waals surface area contributed by atoms with Crippen LogP contribution in [0.15, 0.2) is 48.5 Å². The first kappa shape index (κ1) is 32.6. The van der Waals surface area contributed by atoms with E-state index in [1.807, 2.05) is 42.5 Å². The molecule has 0 heterocycles. The summed E-state index contributed by atoms with van der Waals surface area (Å²) in [7, 11) is 0. The number of hydrogen-bond donors (Lipinski definition) is 1. The van der Waals surface area contributed by atoms with E-state index < -0.39 is 48.2 Å². The number of rotatable bonds is 12. The first-order chi connectivity index (χ1) is 18.8. The van der Waals surface area contributed by atoms with Gasteiger partial charge in [0.15, 0.2) is 0 Å². The molecule has 0 saturated carbocycles. The second-order valence-corrected chi connectivity index (χ2v) is 10.7. The maximum atomic E-state index is 13.3. The second-order valence-electron chi connectivity index (χ2n) is 10.2. The van der Waals surface area contributed by atoms with Crippen molar-refractivity contribution in [3.8, 4) is 11.1 Å². The van der Waals surface area contributed by atoms with Crippen molar-refractivity contribution in [1.29, 1.82) is 0 Å². The van der Waals surface area contributed by atoms with Crippen molar-refractivity contribution >= 4 is 35.5 Å². The Balaban J connectivity index is 2.23. The number of amides is 2. The minimum Gasteiger partial charge on any atom is -0.466 e. The van der Waals surface area contributed by atoms with Gasteiger partial charge in [0.2, 0.25) is 5.91 Å². The SMILES string of the molecule is CCOC(=O)CC(Cc1ccc(-c2cccc(Cl)c2)cc1)NC(=O)C(C)N(CC(=O)OCC)C(=O)OC(C)(C)C. The second kappa shape index (κ2) is 15.3. The minimum atomic E-state index is -1.09. The van der Waals surface area contributed by atoms with Gasteiger partial charge in [0.05, 0.1) is 19.6 Å². The molecule has 2 rings (SSSR count). The first-order valence-corrected chi connectivity index (χ1v) is 13.7. The van der Waals surface area contributed by atoms with E-state index in [9.17, 15) is 19.2 Å². The summed E-state index contributed by atoms with van der Waals surface area (Å²) in [5.74, 6) is -1.69. The van der Waals surface area contributed by atoms with Gasteiger partial charge in [-0.3, -0.25) is 19.3 Å². The van der Waals surface area contributed by atoms with Gasteiger partial charge in [-0.05, 0) is 76.8 Å². The molecule has 2 amide bonds. The lowest BCUT2D eigenvalue weighted by atomic mass is 9.99. The highest BCUT2D eigenvalue weighted by Crippen LogP contribution is 2.23. The van der Waals surface area contributed by atoms with Crippen LogP contribution in [-0.2, 0) is 35.0 Å². The van der Waals surface area contributed by atoms with Gasteiger partial charge < -0.3 is 19.5 Å². The van der Waals surface area contributed by atoms with Crippen LogP contribution in [0.2, 0.25) is 5.02 Å². The fourth-order valence-corrected chi connectivity index (χ4v) is 4.06. The van der Waals surface area contributed by atoms with Crippen molar-refractivity contribution < 1.29 is 33.4 Å². The number of esters is 2. The van der Waals surface area contributed by atoms with Gasteiger partial charge in [-0.25, -0.2) is 4.79 Å². The molecule has 0 spiro atoms. The quantitative estimate of drug-likeness (QED) is 0.275. The van der Waals surface area contributed by atoms with Crippen LogP contribution in [0.5, 0.6) is 0 Å². The zero-order valence-electron chi connectivity index (χ0n) is 24.0. The zero-order valence-corrected chi connectivity index (χ0v) is 24.7. The van der Waals surface area contributed by atoms with Gasteiger partial charge in [0.1, 0.15) is 18.2 Å². The van der Waals surface area contributed by atoms with Gasteiger partial charge in [-0.15, -0.1) is 0 Å². The third-order valence-corrected chi connectivity index (χ3v) is 5.97. The molecular weight excluding hydrogens is 536 g/mol. The van der Waals surface area contributed by atoms with E-state index in [4.69, 9.17) is 25.8 Å². The molecule has 0 aromatic heterocycles. The largest absolute Gasteiger partial charge is 0.466 e. The number of ether oxygens (including phenoxy) is 3. The fourth-order valence-electron chi connectivity index (χ4n) is 3.87. The van der Waals surface area contributed by atoms with Crippen LogP contribution in [0.25, 0.3) is 11.1 Å². The maximum Gasteiger partial charge on any atom is 0.411 e. The molecule has 0 bridgehead atoms. The van der Waals surface area contributed by atoms with Crippen molar-refractivity contribution in [3.05, 3.63) is 59.1 Å². The number of carbonyl (C=O) groups excluding carboxylic acids is 4. The average Bonchev–Trinajstić information content (AvgIpc) is 2.86. The molecule has 10 heteroatoms. The lowest BCUT2D eigenvalue weighted by Gasteiger charge is -2.31. The van der Waals surface area contributed by atoms with Crippen LogP contribution in [0.3, 0.4) is 0 Å². The molecule has 2 aromatic rings. The zero-order chi connectivity index (χ0) is 29.9. The molecule has 1 N–H and O–H groups in total. The van der Waals surface area contributed by atoms with E-state index in [1.165, 1.54) is 6.92 Å². The summed E-state index contributed by atoms with van der Waals surface area (Å²) in [6, 6.07) is 13.5. The van der Waals surface area contributed by atoms with E-state index in [-0.39, 0.29) is 19.6 Å². The normalized spacial score (nSPS) is 12.6. The number of halogens is 1. The lowest BCUT2D eigenvalue weighted by Crippen LogP contribution is -2.53. The number of nitrogens with zero attached hydrogens (tertiary/aromatic N) is 1. The van der Waals surface area contributed by atoms with Gasteiger partial charge in [-0.2, -0.15) is 0 Å². The monoisotopic (exact) mass is 574 g/mol. The Morgan fingerprint density at radius 2 is 1.55 bits per heavy atom. The van der Waals surface area contributed by atoms with Gasteiger partial charge in [0, 0.05) is 11.1 Å². The van der Waals surface area contributed by atoms with Crippen molar-refractivity contribution in [1.82, 2.24) is 10.2 Å². The highest BCUT2D eigenvalue weighted by Gasteiger charge is 2.33. The van der Waals surface area contributed by atoms with E-state index in [1.54, 1.807) is 40.7 Å². The Morgan fingerprint density at radius 1 is 0.925 bits per heavy atom. The third-order valence-electron chi connectivity index (χ3n) is 5.74. The molecule has 0 aliphatic carbocycles. The fraction of sp³-hybridized carbons (Fsp3) is 0.467. The predicted molar refractivity (Wildman–Crippen MR) is 153 cm³/mol. The van der Waals surface area contributed by atoms with Crippen molar-refractivity contribution in [2.24, 2.45) is 0 Å². The molecular formula is C30H39ClN2O7. The van der Waals surface area contributed by atoms with Crippen LogP contribution in [0.4, 0.5) is 4.79 Å². The van der Waals surface area contributed by atoms with E-state index in [0.717, 1.165) is 21.6 Å². The summed E-state index contributed by atoms with van der Waals surface area (Å²) in [6.07, 6.45) is -0.578. The van der Waals surface area contributed by atoms with E-state index in [2.05, 4.69) is 5.32 Å².